The van der Waals surface area contributed by atoms with Crippen LogP contribution in [0.5, 0.6) is 5.75 Å². The third-order valence-electron chi connectivity index (χ3n) is 1.69. The molecule has 0 radical (unpaired) electrons. The molecule has 0 heterocycles. The highest BCUT2D eigenvalue weighted by molar-refractivity contribution is 5.72. The number of rotatable bonds is 3. The average Bonchev–Trinajstić information content (AvgIpc) is 2.08. The van der Waals surface area contributed by atoms with Gasteiger partial charge in [-0.3, -0.25) is 0 Å². The highest BCUT2D eigenvalue weighted by Gasteiger charge is 2.15. The summed E-state index contributed by atoms with van der Waals surface area (Å²) in [5.74, 6) is -1.29. The molecule has 13 heavy (non-hydrogen) atoms. The summed E-state index contributed by atoms with van der Waals surface area (Å²) < 4.78 is 0. The molecule has 0 spiro atoms. The number of benzene rings is 1. The summed E-state index contributed by atoms with van der Waals surface area (Å²) in [4.78, 5) is 10.3. The summed E-state index contributed by atoms with van der Waals surface area (Å²) in [6.45, 7) is 0. The maximum absolute atomic E-state index is 10.3. The van der Waals surface area contributed by atoms with Crippen molar-refractivity contribution in [3.63, 3.8) is 0 Å². The van der Waals surface area contributed by atoms with Crippen molar-refractivity contribution in [2.75, 3.05) is 0 Å². The summed E-state index contributed by atoms with van der Waals surface area (Å²) in [5, 5.41) is 26.6. The van der Waals surface area contributed by atoms with Crippen LogP contribution in [0.3, 0.4) is 0 Å². The fourth-order valence-corrected chi connectivity index (χ4v) is 0.979. The molecule has 1 atom stereocenters. The Morgan fingerprint density at radius 1 is 1.38 bits per heavy atom. The zero-order chi connectivity index (χ0) is 9.84. The van der Waals surface area contributed by atoms with E-state index in [1.165, 1.54) is 6.07 Å². The average molecular weight is 182 g/mol. The van der Waals surface area contributed by atoms with Gasteiger partial charge in [-0.05, 0) is 11.6 Å². The molecule has 0 aliphatic carbocycles. The van der Waals surface area contributed by atoms with Crippen LogP contribution in [0.2, 0.25) is 0 Å². The summed E-state index contributed by atoms with van der Waals surface area (Å²) >= 11 is 0. The molecule has 0 saturated heterocycles. The van der Waals surface area contributed by atoms with E-state index in [0.29, 0.717) is 5.56 Å². The lowest BCUT2D eigenvalue weighted by Gasteiger charge is -2.06. The van der Waals surface area contributed by atoms with Crippen molar-refractivity contribution < 1.29 is 20.1 Å². The number of aromatic hydroxyl groups is 1. The molecule has 1 aromatic carbocycles. The minimum Gasteiger partial charge on any atom is -0.508 e. The van der Waals surface area contributed by atoms with Gasteiger partial charge in [-0.25, -0.2) is 4.79 Å². The topological polar surface area (TPSA) is 77.8 Å². The van der Waals surface area contributed by atoms with Gasteiger partial charge in [-0.2, -0.15) is 0 Å². The molecule has 0 amide bonds. The molecule has 70 valence electrons. The summed E-state index contributed by atoms with van der Waals surface area (Å²) in [6.07, 6.45) is -1.55. The van der Waals surface area contributed by atoms with Gasteiger partial charge < -0.3 is 15.3 Å². The van der Waals surface area contributed by atoms with Crippen molar-refractivity contribution in [3.05, 3.63) is 29.8 Å². The molecular weight excluding hydrogens is 172 g/mol. The molecule has 0 aliphatic rings. The normalized spacial score (nSPS) is 12.4. The Kier molecular flexibility index (Phi) is 2.87. The third kappa shape index (κ3) is 2.45. The summed E-state index contributed by atoms with van der Waals surface area (Å²) in [5.41, 5.74) is 0.428. The van der Waals surface area contributed by atoms with E-state index in [1.807, 2.05) is 0 Å². The molecule has 4 heteroatoms. The Balaban J connectivity index is 2.74. The first-order valence-electron chi connectivity index (χ1n) is 3.79. The van der Waals surface area contributed by atoms with Crippen LogP contribution >= 0.6 is 0 Å². The number of aliphatic hydroxyl groups is 1. The second-order valence-corrected chi connectivity index (χ2v) is 2.69. The Bertz CT molecular complexity index is 308. The van der Waals surface area contributed by atoms with Crippen LogP contribution in [0.15, 0.2) is 24.3 Å². The van der Waals surface area contributed by atoms with Crippen LogP contribution in [0, 0.1) is 0 Å². The lowest BCUT2D eigenvalue weighted by Crippen LogP contribution is -2.21. The largest absolute Gasteiger partial charge is 0.508 e. The monoisotopic (exact) mass is 182 g/mol. The number of carbonyl (C=O) groups is 1. The number of phenols is 1. The smallest absolute Gasteiger partial charge is 0.332 e. The van der Waals surface area contributed by atoms with E-state index in [-0.39, 0.29) is 12.2 Å². The number of carboxylic acid groups (broad SMARTS) is 1. The van der Waals surface area contributed by atoms with Gasteiger partial charge in [0.15, 0.2) is 6.10 Å². The van der Waals surface area contributed by atoms with Crippen LogP contribution < -0.4 is 0 Å². The van der Waals surface area contributed by atoms with Crippen LogP contribution in [0.4, 0.5) is 0 Å². The van der Waals surface area contributed by atoms with Gasteiger partial charge in [0, 0.05) is 6.42 Å². The maximum atomic E-state index is 10.3. The summed E-state index contributed by atoms with van der Waals surface area (Å²) in [6, 6.07) is 6.32. The molecule has 0 aromatic heterocycles. The van der Waals surface area contributed by atoms with Crippen molar-refractivity contribution in [1.82, 2.24) is 0 Å². The SMILES string of the molecule is O=C(O)[C@H](O)Cc1ccccc1O. The van der Waals surface area contributed by atoms with Gasteiger partial charge >= 0.3 is 5.97 Å². The number of aliphatic carboxylic acids is 1. The number of aliphatic hydroxyl groups excluding tert-OH is 1. The van der Waals surface area contributed by atoms with Gasteiger partial charge in [0.1, 0.15) is 5.75 Å². The lowest BCUT2D eigenvalue weighted by molar-refractivity contribution is -0.146. The fraction of sp³-hybridized carbons (Fsp3) is 0.222. The van der Waals surface area contributed by atoms with E-state index >= 15 is 0 Å². The number of carboxylic acids is 1. The van der Waals surface area contributed by atoms with Gasteiger partial charge in [-0.1, -0.05) is 18.2 Å². The van der Waals surface area contributed by atoms with Crippen LogP contribution in [-0.4, -0.2) is 27.4 Å². The van der Waals surface area contributed by atoms with Crippen LogP contribution in [0.1, 0.15) is 5.56 Å². The minimum absolute atomic E-state index is 0.00259. The molecule has 0 saturated carbocycles. The van der Waals surface area contributed by atoms with E-state index in [4.69, 9.17) is 10.2 Å². The Morgan fingerprint density at radius 3 is 2.54 bits per heavy atom. The molecule has 3 N–H and O–H groups in total. The minimum atomic E-state index is -1.46. The van der Waals surface area contributed by atoms with Crippen LogP contribution in [0.25, 0.3) is 0 Å². The van der Waals surface area contributed by atoms with Crippen molar-refractivity contribution in [2.45, 2.75) is 12.5 Å². The molecule has 0 bridgehead atoms. The molecule has 0 aliphatic heterocycles. The molecule has 0 unspecified atom stereocenters. The fourth-order valence-electron chi connectivity index (χ4n) is 0.979. The number of phenolic OH excluding ortho intramolecular Hbond substituents is 1. The molecule has 0 fully saturated rings. The van der Waals surface area contributed by atoms with Crippen molar-refractivity contribution >= 4 is 5.97 Å². The highest BCUT2D eigenvalue weighted by atomic mass is 16.4. The van der Waals surface area contributed by atoms with Gasteiger partial charge in [-0.15, -0.1) is 0 Å². The Morgan fingerprint density at radius 2 is 2.00 bits per heavy atom. The predicted molar refractivity (Wildman–Crippen MR) is 45.5 cm³/mol. The summed E-state index contributed by atoms with van der Waals surface area (Å²) in [7, 11) is 0. The van der Waals surface area contributed by atoms with Crippen LogP contribution in [-0.2, 0) is 11.2 Å². The second-order valence-electron chi connectivity index (χ2n) is 2.69. The van der Waals surface area contributed by atoms with E-state index in [0.717, 1.165) is 0 Å². The number of hydrogen-bond acceptors (Lipinski definition) is 3. The van der Waals surface area contributed by atoms with E-state index in [2.05, 4.69) is 0 Å². The zero-order valence-electron chi connectivity index (χ0n) is 6.84. The quantitative estimate of drug-likeness (QED) is 0.631. The van der Waals surface area contributed by atoms with Gasteiger partial charge in [0.05, 0.1) is 0 Å². The number of hydrogen-bond donors (Lipinski definition) is 3. The predicted octanol–water partition coefficient (Wildman–Crippen LogP) is 0.380. The van der Waals surface area contributed by atoms with Gasteiger partial charge in [0.2, 0.25) is 0 Å². The Hall–Kier alpha value is -1.55. The highest BCUT2D eigenvalue weighted by Crippen LogP contribution is 2.17. The first-order chi connectivity index (χ1) is 6.11. The molecule has 1 aromatic rings. The van der Waals surface area contributed by atoms with E-state index in [9.17, 15) is 9.90 Å². The molecule has 1 rings (SSSR count). The van der Waals surface area contributed by atoms with E-state index in [1.54, 1.807) is 18.2 Å². The lowest BCUT2D eigenvalue weighted by atomic mass is 10.1. The third-order valence-corrected chi connectivity index (χ3v) is 1.69. The van der Waals surface area contributed by atoms with Crippen molar-refractivity contribution in [3.8, 4) is 5.75 Å². The molecule has 4 nitrogen and oxygen atoms in total. The van der Waals surface area contributed by atoms with Crippen molar-refractivity contribution in [2.24, 2.45) is 0 Å². The first kappa shape index (κ1) is 9.54. The molecular formula is C9H10O4. The van der Waals surface area contributed by atoms with Gasteiger partial charge in [0.25, 0.3) is 0 Å². The standard InChI is InChI=1S/C9H10O4/c10-7-4-2-1-3-6(7)5-8(11)9(12)13/h1-4,8,10-11H,5H2,(H,12,13)/t8-/m1/s1. The Labute approximate surface area is 75.1 Å². The number of para-hydroxylation sites is 1. The van der Waals surface area contributed by atoms with E-state index < -0.39 is 12.1 Å². The van der Waals surface area contributed by atoms with Crippen molar-refractivity contribution in [1.29, 1.82) is 0 Å². The first-order valence-corrected chi connectivity index (χ1v) is 3.79. The maximum Gasteiger partial charge on any atom is 0.332 e. The zero-order valence-corrected chi connectivity index (χ0v) is 6.84. The second kappa shape index (κ2) is 3.91.